The normalized spacial score (nSPS) is 20.1. The van der Waals surface area contributed by atoms with Gasteiger partial charge in [-0.05, 0) is 30.3 Å². The third-order valence-corrected chi connectivity index (χ3v) is 6.60. The van der Waals surface area contributed by atoms with Crippen LogP contribution >= 0.6 is 0 Å². The Morgan fingerprint density at radius 2 is 1.97 bits per heavy atom. The highest BCUT2D eigenvalue weighted by atomic mass is 32.2. The van der Waals surface area contributed by atoms with E-state index in [1.807, 2.05) is 0 Å². The van der Waals surface area contributed by atoms with Gasteiger partial charge in [0.05, 0.1) is 12.0 Å². The molecular formula is C19H19F2N5O2S. The predicted octanol–water partition coefficient (Wildman–Crippen LogP) is 2.36. The first-order chi connectivity index (χ1) is 13.8. The van der Waals surface area contributed by atoms with Crippen LogP contribution in [0.25, 0.3) is 0 Å². The van der Waals surface area contributed by atoms with Gasteiger partial charge in [-0.15, -0.1) is 0 Å². The molecule has 0 spiro atoms. The van der Waals surface area contributed by atoms with Crippen molar-refractivity contribution in [3.05, 3.63) is 72.4 Å². The maximum absolute atomic E-state index is 14.4. The zero-order valence-electron chi connectivity index (χ0n) is 15.5. The minimum Gasteiger partial charge on any atom is -0.380 e. The van der Waals surface area contributed by atoms with E-state index in [0.717, 1.165) is 0 Å². The average molecular weight is 419 g/mol. The maximum atomic E-state index is 14.4. The smallest absolute Gasteiger partial charge is 0.262 e. The maximum Gasteiger partial charge on any atom is 0.262 e. The summed E-state index contributed by atoms with van der Waals surface area (Å²) >= 11 is 0. The van der Waals surface area contributed by atoms with Gasteiger partial charge in [0.2, 0.25) is 0 Å². The number of hydrogen-bond acceptors (Lipinski definition) is 5. The molecule has 4 rings (SSSR count). The van der Waals surface area contributed by atoms with E-state index in [1.54, 1.807) is 23.7 Å². The summed E-state index contributed by atoms with van der Waals surface area (Å²) in [6, 6.07) is 8.11. The van der Waals surface area contributed by atoms with Crippen LogP contribution in [0.2, 0.25) is 0 Å². The summed E-state index contributed by atoms with van der Waals surface area (Å²) in [4.78, 5) is 8.07. The van der Waals surface area contributed by atoms with Crippen molar-refractivity contribution in [3.63, 3.8) is 0 Å². The Bertz CT molecular complexity index is 1130. The van der Waals surface area contributed by atoms with Crippen molar-refractivity contribution in [2.45, 2.75) is 17.0 Å². The molecule has 0 saturated carbocycles. The minimum atomic E-state index is -3.87. The van der Waals surface area contributed by atoms with Crippen LogP contribution in [0.5, 0.6) is 0 Å². The van der Waals surface area contributed by atoms with Crippen LogP contribution < -0.4 is 5.32 Å². The largest absolute Gasteiger partial charge is 0.380 e. The summed E-state index contributed by atoms with van der Waals surface area (Å²) in [5.41, 5.74) is 0.647. The van der Waals surface area contributed by atoms with Crippen molar-refractivity contribution in [3.8, 4) is 0 Å². The fraction of sp³-hybridized carbons (Fsp3) is 0.263. The van der Waals surface area contributed by atoms with Crippen LogP contribution in [0.3, 0.4) is 0 Å². The lowest BCUT2D eigenvalue weighted by Crippen LogP contribution is -2.32. The van der Waals surface area contributed by atoms with Gasteiger partial charge in [-0.3, -0.25) is 4.98 Å². The zero-order chi connectivity index (χ0) is 20.6. The Morgan fingerprint density at radius 1 is 1.14 bits per heavy atom. The number of imidazole rings is 1. The summed E-state index contributed by atoms with van der Waals surface area (Å²) < 4.78 is 56.8. The summed E-state index contributed by atoms with van der Waals surface area (Å²) in [7, 11) is -2.19. The molecule has 1 N–H and O–H groups in total. The van der Waals surface area contributed by atoms with Gasteiger partial charge in [-0.2, -0.15) is 4.31 Å². The monoisotopic (exact) mass is 419 g/mol. The quantitative estimate of drug-likeness (QED) is 0.687. The second-order valence-corrected chi connectivity index (χ2v) is 8.82. The molecule has 3 aromatic rings. The molecular weight excluding hydrogens is 400 g/mol. The average Bonchev–Trinajstić information content (AvgIpc) is 3.30. The van der Waals surface area contributed by atoms with Crippen LogP contribution in [-0.2, 0) is 17.1 Å². The van der Waals surface area contributed by atoms with E-state index >= 15 is 0 Å². The van der Waals surface area contributed by atoms with Gasteiger partial charge in [0, 0.05) is 50.2 Å². The summed E-state index contributed by atoms with van der Waals surface area (Å²) in [5, 5.41) is 3.06. The van der Waals surface area contributed by atoms with E-state index < -0.39 is 33.6 Å². The van der Waals surface area contributed by atoms with Crippen molar-refractivity contribution in [1.29, 1.82) is 0 Å². The van der Waals surface area contributed by atoms with E-state index in [-0.39, 0.29) is 23.8 Å². The van der Waals surface area contributed by atoms with Crippen molar-refractivity contribution in [1.82, 2.24) is 18.8 Å². The lowest BCUT2D eigenvalue weighted by molar-refractivity contribution is 0.466. The molecule has 152 valence electrons. The van der Waals surface area contributed by atoms with Crippen LogP contribution in [-0.4, -0.2) is 46.4 Å². The number of anilines is 1. The van der Waals surface area contributed by atoms with E-state index in [4.69, 9.17) is 0 Å². The molecule has 1 aliphatic rings. The van der Waals surface area contributed by atoms with Crippen LogP contribution in [0.1, 0.15) is 11.6 Å². The molecule has 7 nitrogen and oxygen atoms in total. The second kappa shape index (κ2) is 7.53. The summed E-state index contributed by atoms with van der Waals surface area (Å²) in [6.45, 7) is 0.0932. The van der Waals surface area contributed by atoms with Gasteiger partial charge in [0.25, 0.3) is 10.0 Å². The summed E-state index contributed by atoms with van der Waals surface area (Å²) in [5.74, 6) is -1.50. The fourth-order valence-corrected chi connectivity index (χ4v) is 4.96. The zero-order valence-corrected chi connectivity index (χ0v) is 16.4. The van der Waals surface area contributed by atoms with Gasteiger partial charge in [-0.25, -0.2) is 22.2 Å². The van der Waals surface area contributed by atoms with Gasteiger partial charge < -0.3 is 9.88 Å². The highest BCUT2D eigenvalue weighted by Crippen LogP contribution is 2.33. The summed E-state index contributed by atoms with van der Waals surface area (Å²) in [6.07, 6.45) is 4.29. The number of halogens is 2. The van der Waals surface area contributed by atoms with E-state index in [9.17, 15) is 17.2 Å². The van der Waals surface area contributed by atoms with Gasteiger partial charge >= 0.3 is 0 Å². The standard InChI is InChI=1S/C19H19F2N5O2S/c1-25-11-18(23-12-25)29(27,28)26-9-15(19-16(21)6-3-7-22-19)17(10-26)24-14-5-2-4-13(20)8-14/h2-8,11-12,15,17,24H,9-10H2,1H3/t15-,17-/m0/s1. The molecule has 3 heterocycles. The first-order valence-corrected chi connectivity index (χ1v) is 10.4. The Balaban J connectivity index is 1.68. The third kappa shape index (κ3) is 3.85. The van der Waals surface area contributed by atoms with E-state index in [2.05, 4.69) is 15.3 Å². The molecule has 1 aromatic carbocycles. The number of aromatic nitrogens is 3. The molecule has 0 radical (unpaired) electrons. The van der Waals surface area contributed by atoms with Crippen LogP contribution in [0.15, 0.2) is 60.1 Å². The Hall–Kier alpha value is -2.85. The predicted molar refractivity (Wildman–Crippen MR) is 103 cm³/mol. The van der Waals surface area contributed by atoms with Gasteiger partial charge in [-0.1, -0.05) is 6.07 Å². The lowest BCUT2D eigenvalue weighted by Gasteiger charge is -2.21. The third-order valence-electron chi connectivity index (χ3n) is 4.89. The van der Waals surface area contributed by atoms with Crippen molar-refractivity contribution < 1.29 is 17.2 Å². The van der Waals surface area contributed by atoms with E-state index in [1.165, 1.54) is 47.3 Å². The molecule has 0 amide bonds. The molecule has 0 bridgehead atoms. The Morgan fingerprint density at radius 3 is 2.66 bits per heavy atom. The Kier molecular flexibility index (Phi) is 5.05. The molecule has 1 saturated heterocycles. The molecule has 0 aliphatic carbocycles. The lowest BCUT2D eigenvalue weighted by atomic mass is 9.98. The number of pyridine rings is 1. The second-order valence-electron chi connectivity index (χ2n) is 6.94. The molecule has 1 aliphatic heterocycles. The SMILES string of the molecule is Cn1cnc(S(=O)(=O)N2C[C@H](Nc3cccc(F)c3)[C@@H](c3ncccc3F)C2)c1. The highest BCUT2D eigenvalue weighted by molar-refractivity contribution is 7.89. The molecule has 2 aromatic heterocycles. The number of rotatable bonds is 5. The number of benzene rings is 1. The molecule has 10 heteroatoms. The van der Waals surface area contributed by atoms with E-state index in [0.29, 0.717) is 5.69 Å². The topological polar surface area (TPSA) is 80.1 Å². The Labute approximate surface area is 167 Å². The number of nitrogens with one attached hydrogen (secondary N) is 1. The molecule has 29 heavy (non-hydrogen) atoms. The van der Waals surface area contributed by atoms with Crippen LogP contribution in [0.4, 0.5) is 14.5 Å². The number of sulfonamides is 1. The number of hydrogen-bond donors (Lipinski definition) is 1. The highest BCUT2D eigenvalue weighted by Gasteiger charge is 2.42. The molecule has 0 unspecified atom stereocenters. The first-order valence-electron chi connectivity index (χ1n) is 8.95. The molecule has 2 atom stereocenters. The van der Waals surface area contributed by atoms with Crippen molar-refractivity contribution >= 4 is 15.7 Å². The van der Waals surface area contributed by atoms with Gasteiger partial charge in [0.1, 0.15) is 11.6 Å². The molecule has 1 fully saturated rings. The minimum absolute atomic E-state index is 0.0276. The van der Waals surface area contributed by atoms with Gasteiger partial charge in [0.15, 0.2) is 5.03 Å². The first kappa shape index (κ1) is 19.5. The number of nitrogens with zero attached hydrogens (tertiary/aromatic N) is 4. The van der Waals surface area contributed by atoms with Crippen LogP contribution in [0, 0.1) is 11.6 Å². The van der Waals surface area contributed by atoms with Crippen molar-refractivity contribution in [2.75, 3.05) is 18.4 Å². The fourth-order valence-electron chi connectivity index (χ4n) is 3.50. The van der Waals surface area contributed by atoms with Crippen molar-refractivity contribution in [2.24, 2.45) is 7.05 Å². The number of aryl methyl sites for hydroxylation is 1.